The van der Waals surface area contributed by atoms with Gasteiger partial charge in [-0.15, -0.1) is 11.3 Å². The predicted octanol–water partition coefficient (Wildman–Crippen LogP) is 23.4. The summed E-state index contributed by atoms with van der Waals surface area (Å²) in [7, 11) is 0. The van der Waals surface area contributed by atoms with Gasteiger partial charge in [0.05, 0.1) is 48.1 Å². The molecule has 0 unspecified atom stereocenters. The number of aryl methyl sites for hydroxylation is 1. The molecule has 0 spiro atoms. The first-order valence-corrected chi connectivity index (χ1v) is 30.5. The number of thiophene rings is 1. The van der Waals surface area contributed by atoms with Crippen LogP contribution < -0.4 is 14.7 Å². The van der Waals surface area contributed by atoms with Gasteiger partial charge in [-0.25, -0.2) is 0 Å². The summed E-state index contributed by atoms with van der Waals surface area (Å²) in [5.41, 5.74) is 24.8. The van der Waals surface area contributed by atoms with Crippen molar-refractivity contribution in [3.63, 3.8) is 0 Å². The normalized spacial score (nSPS) is 12.7. The van der Waals surface area contributed by atoms with Crippen molar-refractivity contribution in [1.29, 1.82) is 0 Å². The first-order valence-electron chi connectivity index (χ1n) is 28.6. The highest BCUT2D eigenvalue weighted by Gasteiger charge is 2.37. The van der Waals surface area contributed by atoms with E-state index < -0.39 is 0 Å². The van der Waals surface area contributed by atoms with Crippen molar-refractivity contribution in [1.82, 2.24) is 0 Å². The maximum atomic E-state index is 6.74. The molecule has 11 aromatic carbocycles. The lowest BCUT2D eigenvalue weighted by molar-refractivity contribution is 0.590. The number of para-hydroxylation sites is 3. The zero-order chi connectivity index (χ0) is 56.7. The highest BCUT2D eigenvalue weighted by Crippen LogP contribution is 2.56. The van der Waals surface area contributed by atoms with E-state index >= 15 is 0 Å². The Balaban J connectivity index is 1.03. The third-order valence-corrected chi connectivity index (χ3v) is 19.2. The van der Waals surface area contributed by atoms with E-state index in [4.69, 9.17) is 4.42 Å². The monoisotopic (exact) mass is 1200 g/mol. The molecule has 404 valence electrons. The summed E-state index contributed by atoms with van der Waals surface area (Å²) >= 11 is 4.50. The minimum absolute atomic E-state index is 0.0164. The maximum Gasteiger partial charge on any atom is 0.137 e. The van der Waals surface area contributed by atoms with Gasteiger partial charge < -0.3 is 19.1 Å². The number of rotatable bonds is 11. The highest BCUT2D eigenvalue weighted by atomic mass is 127. The van der Waals surface area contributed by atoms with Crippen molar-refractivity contribution in [3.05, 3.63) is 279 Å². The molecule has 1 aliphatic carbocycles. The van der Waals surface area contributed by atoms with E-state index in [1.165, 1.54) is 46.5 Å². The van der Waals surface area contributed by atoms with Crippen LogP contribution >= 0.6 is 33.9 Å². The smallest absolute Gasteiger partial charge is 0.137 e. The van der Waals surface area contributed by atoms with Gasteiger partial charge in [0.1, 0.15) is 11.2 Å². The molecule has 0 atom stereocenters. The molecule has 0 bridgehead atoms. The average Bonchev–Trinajstić information content (AvgIpc) is 3.55. The number of benzene rings is 11. The fraction of sp³-hybridized carbons (Fsp3) is 0.117. The zero-order valence-corrected chi connectivity index (χ0v) is 50.7. The van der Waals surface area contributed by atoms with Gasteiger partial charge in [0.2, 0.25) is 0 Å². The second-order valence-electron chi connectivity index (χ2n) is 23.5. The number of anilines is 9. The van der Waals surface area contributed by atoms with Crippen molar-refractivity contribution in [2.45, 2.75) is 59.3 Å². The van der Waals surface area contributed by atoms with Crippen molar-refractivity contribution in [3.8, 4) is 33.4 Å². The topological polar surface area (TPSA) is 22.9 Å². The van der Waals surface area contributed by atoms with E-state index in [-0.39, 0.29) is 10.8 Å². The molecule has 0 aliphatic heterocycles. The summed E-state index contributed by atoms with van der Waals surface area (Å²) in [6.07, 6.45) is 0. The van der Waals surface area contributed by atoms with Crippen LogP contribution in [0.3, 0.4) is 0 Å². The third-order valence-electron chi connectivity index (χ3n) is 17.1. The first kappa shape index (κ1) is 52.4. The van der Waals surface area contributed by atoms with Crippen molar-refractivity contribution < 1.29 is 4.42 Å². The Morgan fingerprint density at radius 3 is 1.64 bits per heavy atom. The zero-order valence-electron chi connectivity index (χ0n) is 47.7. The van der Waals surface area contributed by atoms with Crippen LogP contribution in [0, 0.1) is 16.7 Å². The summed E-state index contributed by atoms with van der Waals surface area (Å²) in [4.78, 5) is 7.52. The molecule has 0 saturated heterocycles. The van der Waals surface area contributed by atoms with Crippen LogP contribution in [0.1, 0.15) is 62.4 Å². The van der Waals surface area contributed by atoms with Gasteiger partial charge in [0.25, 0.3) is 0 Å². The average molecular weight is 1200 g/mol. The first-order chi connectivity index (χ1) is 40.3. The van der Waals surface area contributed by atoms with Crippen LogP contribution in [-0.2, 0) is 10.8 Å². The minimum Gasteiger partial charge on any atom is -0.456 e. The molecule has 0 N–H and O–H groups in total. The molecular weight excluding hydrogens is 1140 g/mol. The number of hydrogen-bond donors (Lipinski definition) is 0. The lowest BCUT2D eigenvalue weighted by Gasteiger charge is -2.34. The fourth-order valence-electron chi connectivity index (χ4n) is 12.8. The largest absolute Gasteiger partial charge is 0.456 e. The summed E-state index contributed by atoms with van der Waals surface area (Å²) in [6.45, 7) is 16.2. The molecule has 1 aliphatic rings. The Kier molecular flexibility index (Phi) is 13.0. The summed E-state index contributed by atoms with van der Waals surface area (Å²) in [5.74, 6) is 0. The number of hydrogen-bond acceptors (Lipinski definition) is 5. The predicted molar refractivity (Wildman–Crippen MR) is 362 cm³/mol. The van der Waals surface area contributed by atoms with E-state index in [1.54, 1.807) is 0 Å². The van der Waals surface area contributed by atoms with E-state index in [2.05, 4.69) is 334 Å². The summed E-state index contributed by atoms with van der Waals surface area (Å²) in [6, 6.07) is 91.3. The Hall–Kier alpha value is -8.69. The quantitative estimate of drug-likeness (QED) is 0.120. The molecule has 2 aromatic heterocycles. The Labute approximate surface area is 504 Å². The van der Waals surface area contributed by atoms with Gasteiger partial charge >= 0.3 is 0 Å². The van der Waals surface area contributed by atoms with Gasteiger partial charge in [0, 0.05) is 43.4 Å². The van der Waals surface area contributed by atoms with Crippen molar-refractivity contribution >= 4 is 117 Å². The van der Waals surface area contributed by atoms with Crippen LogP contribution in [0.2, 0.25) is 0 Å². The van der Waals surface area contributed by atoms with E-state index in [9.17, 15) is 0 Å². The van der Waals surface area contributed by atoms with Crippen LogP contribution in [0.5, 0.6) is 0 Å². The van der Waals surface area contributed by atoms with Crippen molar-refractivity contribution in [2.24, 2.45) is 0 Å². The van der Waals surface area contributed by atoms with E-state index in [1.807, 2.05) is 11.3 Å². The number of nitrogens with zero attached hydrogens (tertiary/aromatic N) is 3. The highest BCUT2D eigenvalue weighted by molar-refractivity contribution is 14.1. The molecule has 2 heterocycles. The number of furan rings is 1. The van der Waals surface area contributed by atoms with Crippen LogP contribution in [0.25, 0.3) is 65.4 Å². The van der Waals surface area contributed by atoms with Gasteiger partial charge in [0.15, 0.2) is 0 Å². The molecule has 0 radical (unpaired) electrons. The molecule has 0 fully saturated rings. The molecule has 0 amide bonds. The molecule has 83 heavy (non-hydrogen) atoms. The standard InChI is InChI=1S/C77H62IN3OS/c1-49-40-43-55(79(66-33-19-15-28-56(66)51-24-10-8-11-25-51)67-34-20-16-29-57(67)52-26-12-9-13-27-52)46-69(49)81(68-37-23-39-71-73(68)59-31-17-21-38-70(59)82-71)65-36-22-35-64(50(65)2)80(54-44-41-53(42-45-54)76(3,4)5)74-61-47-60-58-30-14-18-32-62(58)77(6,7)63(60)48-72(61)83-75(74)78/h8-48H,1-7H3. The fourth-order valence-corrected chi connectivity index (χ4v) is 15.0. The van der Waals surface area contributed by atoms with Crippen LogP contribution in [-0.4, -0.2) is 0 Å². The Morgan fingerprint density at radius 2 is 0.964 bits per heavy atom. The van der Waals surface area contributed by atoms with Gasteiger partial charge in [-0.2, -0.15) is 0 Å². The Morgan fingerprint density at radius 1 is 0.422 bits per heavy atom. The van der Waals surface area contributed by atoms with Crippen molar-refractivity contribution in [2.75, 3.05) is 14.7 Å². The molecule has 14 rings (SSSR count). The number of fused-ring (bicyclic) bond motifs is 7. The molecule has 4 nitrogen and oxygen atoms in total. The summed E-state index contributed by atoms with van der Waals surface area (Å²) in [5, 5.41) is 3.37. The third kappa shape index (κ3) is 8.93. The maximum absolute atomic E-state index is 6.74. The summed E-state index contributed by atoms with van der Waals surface area (Å²) < 4.78 is 9.26. The molecule has 0 saturated carbocycles. The van der Waals surface area contributed by atoms with Gasteiger partial charge in [-0.3, -0.25) is 0 Å². The second kappa shape index (κ2) is 20.6. The van der Waals surface area contributed by atoms with Gasteiger partial charge in [-0.1, -0.05) is 204 Å². The van der Waals surface area contributed by atoms with Crippen LogP contribution in [0.4, 0.5) is 51.2 Å². The molecule has 13 aromatic rings. The van der Waals surface area contributed by atoms with E-state index in [0.29, 0.717) is 0 Å². The van der Waals surface area contributed by atoms with E-state index in [0.717, 1.165) is 101 Å². The lowest BCUT2D eigenvalue weighted by atomic mass is 9.82. The minimum atomic E-state index is -0.112. The van der Waals surface area contributed by atoms with Crippen LogP contribution in [0.15, 0.2) is 253 Å². The Bertz CT molecular complexity index is 4540. The molecular formula is C77H62IN3OS. The van der Waals surface area contributed by atoms with Gasteiger partial charge in [-0.05, 0) is 171 Å². The molecule has 6 heteroatoms. The second-order valence-corrected chi connectivity index (χ2v) is 26.4. The SMILES string of the molecule is Cc1ccc(N(c2ccccc2-c2ccccc2)c2ccccc2-c2ccccc2)cc1N(c1cccc(N(c2ccc(C(C)(C)C)cc2)c2c(I)sc3cc4c(cc23)-c2ccccc2C4(C)C)c1C)c1cccc2oc3ccccc3c12. The lowest BCUT2D eigenvalue weighted by Crippen LogP contribution is -2.18. The number of halogens is 1.